The molecule has 1 saturated heterocycles. The second-order valence-corrected chi connectivity index (χ2v) is 9.93. The number of anilines is 3. The van der Waals surface area contributed by atoms with Crippen LogP contribution in [0.2, 0.25) is 0 Å². The summed E-state index contributed by atoms with van der Waals surface area (Å²) in [6.07, 6.45) is 8.12. The molecular formula is C29H35N5O. The number of nitrogens with one attached hydrogen (secondary N) is 2. The fourth-order valence-electron chi connectivity index (χ4n) is 5.68. The van der Waals surface area contributed by atoms with E-state index in [0.29, 0.717) is 5.69 Å². The van der Waals surface area contributed by atoms with E-state index in [1.54, 1.807) is 12.4 Å². The molecule has 0 bridgehead atoms. The average molecular weight is 470 g/mol. The van der Waals surface area contributed by atoms with Crippen LogP contribution in [0.4, 0.5) is 21.9 Å². The summed E-state index contributed by atoms with van der Waals surface area (Å²) in [4.78, 5) is 21.9. The van der Waals surface area contributed by atoms with E-state index < -0.39 is 0 Å². The van der Waals surface area contributed by atoms with Crippen LogP contribution in [-0.4, -0.2) is 42.1 Å². The number of rotatable bonds is 5. The number of para-hydroxylation sites is 1. The molecule has 1 saturated carbocycles. The van der Waals surface area contributed by atoms with E-state index in [1.807, 2.05) is 18.2 Å². The summed E-state index contributed by atoms with van der Waals surface area (Å²) >= 11 is 0. The maximum atomic E-state index is 12.6. The third-order valence-corrected chi connectivity index (χ3v) is 7.68. The van der Waals surface area contributed by atoms with Crippen LogP contribution in [0.25, 0.3) is 0 Å². The number of carbonyl (C=O) groups is 1. The van der Waals surface area contributed by atoms with Gasteiger partial charge < -0.3 is 15.5 Å². The number of piperazine rings is 1. The van der Waals surface area contributed by atoms with E-state index in [0.717, 1.165) is 50.6 Å². The number of aromatic nitrogens is 1. The van der Waals surface area contributed by atoms with E-state index in [1.165, 1.54) is 24.1 Å². The molecule has 6 heteroatoms. The Kier molecular flexibility index (Phi) is 7.00. The maximum Gasteiger partial charge on any atom is 0.323 e. The summed E-state index contributed by atoms with van der Waals surface area (Å²) in [6, 6.07) is 22.6. The summed E-state index contributed by atoms with van der Waals surface area (Å²) in [5, 5.41) is 5.88. The molecule has 35 heavy (non-hydrogen) atoms. The smallest absolute Gasteiger partial charge is 0.323 e. The zero-order valence-electron chi connectivity index (χ0n) is 20.5. The van der Waals surface area contributed by atoms with Crippen molar-refractivity contribution in [2.45, 2.75) is 38.1 Å². The van der Waals surface area contributed by atoms with Gasteiger partial charge in [0.2, 0.25) is 0 Å². The van der Waals surface area contributed by atoms with Gasteiger partial charge in [-0.2, -0.15) is 0 Å². The van der Waals surface area contributed by atoms with Crippen molar-refractivity contribution in [3.63, 3.8) is 0 Å². The van der Waals surface area contributed by atoms with Crippen molar-refractivity contribution in [3.05, 3.63) is 84.7 Å². The van der Waals surface area contributed by atoms with Crippen molar-refractivity contribution in [2.75, 3.05) is 41.7 Å². The largest absolute Gasteiger partial charge is 0.369 e. The second kappa shape index (κ2) is 10.5. The molecular weight excluding hydrogens is 434 g/mol. The lowest BCUT2D eigenvalue weighted by molar-refractivity contribution is 0.0299. The van der Waals surface area contributed by atoms with Crippen molar-refractivity contribution in [2.24, 2.45) is 5.92 Å². The Labute approximate surface area is 208 Å². The van der Waals surface area contributed by atoms with Crippen LogP contribution in [0.15, 0.2) is 79.1 Å². The Hall–Kier alpha value is -3.38. The predicted molar refractivity (Wildman–Crippen MR) is 143 cm³/mol. The number of hydrogen-bond acceptors (Lipinski definition) is 4. The summed E-state index contributed by atoms with van der Waals surface area (Å²) in [5.74, 6) is 0.764. The Morgan fingerprint density at radius 2 is 1.60 bits per heavy atom. The first kappa shape index (κ1) is 23.4. The topological polar surface area (TPSA) is 60.5 Å². The highest BCUT2D eigenvalue weighted by molar-refractivity contribution is 5.99. The van der Waals surface area contributed by atoms with Crippen LogP contribution < -0.4 is 15.5 Å². The highest BCUT2D eigenvalue weighted by atomic mass is 16.2. The van der Waals surface area contributed by atoms with Gasteiger partial charge in [-0.05, 0) is 73.6 Å². The molecule has 182 valence electrons. The summed E-state index contributed by atoms with van der Waals surface area (Å²) in [5.41, 5.74) is 4.15. The molecule has 2 aromatic carbocycles. The van der Waals surface area contributed by atoms with Gasteiger partial charge in [0.1, 0.15) is 0 Å². The molecule has 3 aromatic rings. The fourth-order valence-corrected chi connectivity index (χ4v) is 5.68. The molecule has 0 atom stereocenters. The summed E-state index contributed by atoms with van der Waals surface area (Å²) in [7, 11) is 0. The van der Waals surface area contributed by atoms with Crippen LogP contribution in [0.1, 0.15) is 38.2 Å². The quantitative estimate of drug-likeness (QED) is 0.485. The zero-order chi connectivity index (χ0) is 24.1. The van der Waals surface area contributed by atoms with Gasteiger partial charge in [-0.1, -0.05) is 37.3 Å². The number of amides is 2. The van der Waals surface area contributed by atoms with E-state index in [2.05, 4.69) is 80.9 Å². The number of carbonyl (C=O) groups excluding carboxylic acids is 1. The lowest BCUT2D eigenvalue weighted by atomic mass is 9.71. The molecule has 5 rings (SSSR count). The van der Waals surface area contributed by atoms with Crippen molar-refractivity contribution >= 4 is 23.1 Å². The van der Waals surface area contributed by atoms with Gasteiger partial charge in [-0.15, -0.1) is 0 Å². The molecule has 6 nitrogen and oxygen atoms in total. The molecule has 2 N–H and O–H groups in total. The number of hydrogen-bond donors (Lipinski definition) is 2. The maximum absolute atomic E-state index is 12.6. The van der Waals surface area contributed by atoms with Crippen LogP contribution in [-0.2, 0) is 5.54 Å². The molecule has 0 unspecified atom stereocenters. The molecule has 1 aliphatic heterocycles. The molecule has 2 aliphatic rings. The first-order valence-corrected chi connectivity index (χ1v) is 12.8. The zero-order valence-corrected chi connectivity index (χ0v) is 20.5. The first-order chi connectivity index (χ1) is 17.1. The summed E-state index contributed by atoms with van der Waals surface area (Å²) in [6.45, 7) is 6.53. The number of pyridine rings is 1. The monoisotopic (exact) mass is 469 g/mol. The number of urea groups is 1. The number of nitrogens with zero attached hydrogens (tertiary/aromatic N) is 3. The third-order valence-electron chi connectivity index (χ3n) is 7.68. The second-order valence-electron chi connectivity index (χ2n) is 9.93. The van der Waals surface area contributed by atoms with Crippen molar-refractivity contribution in [1.82, 2.24) is 9.88 Å². The van der Waals surface area contributed by atoms with Crippen LogP contribution in [0.5, 0.6) is 0 Å². The van der Waals surface area contributed by atoms with Gasteiger partial charge >= 0.3 is 6.03 Å². The Bertz CT molecular complexity index is 1100. The molecule has 0 radical (unpaired) electrons. The van der Waals surface area contributed by atoms with Crippen LogP contribution in [0, 0.1) is 5.92 Å². The van der Waals surface area contributed by atoms with E-state index in [-0.39, 0.29) is 11.6 Å². The first-order valence-electron chi connectivity index (χ1n) is 12.8. The van der Waals surface area contributed by atoms with Crippen molar-refractivity contribution < 1.29 is 4.79 Å². The lowest BCUT2D eigenvalue weighted by Gasteiger charge is -2.51. The van der Waals surface area contributed by atoms with Gasteiger partial charge in [-0.25, -0.2) is 4.79 Å². The normalized spacial score (nSPS) is 23.0. The molecule has 2 fully saturated rings. The van der Waals surface area contributed by atoms with Gasteiger partial charge in [0.15, 0.2) is 0 Å². The van der Waals surface area contributed by atoms with E-state index in [4.69, 9.17) is 0 Å². The lowest BCUT2D eigenvalue weighted by Crippen LogP contribution is -2.56. The van der Waals surface area contributed by atoms with E-state index >= 15 is 0 Å². The minimum atomic E-state index is -0.252. The predicted octanol–water partition coefficient (Wildman–Crippen LogP) is 5.95. The molecule has 1 aromatic heterocycles. The molecule has 0 spiro atoms. The van der Waals surface area contributed by atoms with Crippen molar-refractivity contribution in [3.8, 4) is 0 Å². The highest BCUT2D eigenvalue weighted by Gasteiger charge is 2.42. The van der Waals surface area contributed by atoms with Crippen molar-refractivity contribution in [1.29, 1.82) is 0 Å². The SMILES string of the molecule is CC1CCC(c2cccc(NC(=O)Nc3cccnc3)c2)(N2CCN(c3ccccc3)CC2)CC1. The number of benzene rings is 2. The third kappa shape index (κ3) is 5.33. The highest BCUT2D eigenvalue weighted by Crippen LogP contribution is 2.45. The van der Waals surface area contributed by atoms with Crippen LogP contribution >= 0.6 is 0 Å². The minimum absolute atomic E-state index is 0.0206. The van der Waals surface area contributed by atoms with E-state index in [9.17, 15) is 4.79 Å². The Morgan fingerprint density at radius 3 is 2.31 bits per heavy atom. The Morgan fingerprint density at radius 1 is 0.886 bits per heavy atom. The Balaban J connectivity index is 1.33. The van der Waals surface area contributed by atoms with Gasteiger partial charge in [0.25, 0.3) is 0 Å². The molecule has 1 aliphatic carbocycles. The van der Waals surface area contributed by atoms with Gasteiger partial charge in [-0.3, -0.25) is 9.88 Å². The van der Waals surface area contributed by atoms with Gasteiger partial charge in [0, 0.05) is 49.3 Å². The summed E-state index contributed by atoms with van der Waals surface area (Å²) < 4.78 is 0. The van der Waals surface area contributed by atoms with Gasteiger partial charge in [0.05, 0.1) is 11.9 Å². The standard InChI is InChI=1S/C29H35N5O/c1-23-12-14-29(15-13-23,34-19-17-33(18-20-34)27-10-3-2-4-11-27)24-7-5-8-25(21-24)31-28(35)32-26-9-6-16-30-22-26/h2-11,16,21-23H,12-15,17-20H2,1H3,(H2,31,32,35). The minimum Gasteiger partial charge on any atom is -0.369 e. The van der Waals surface area contributed by atoms with Crippen LogP contribution in [0.3, 0.4) is 0 Å². The molecule has 2 amide bonds. The average Bonchev–Trinajstić information content (AvgIpc) is 2.91. The fraction of sp³-hybridized carbons (Fsp3) is 0.379. The molecule has 2 heterocycles.